The van der Waals surface area contributed by atoms with E-state index in [1.165, 1.54) is 10.6 Å². The molecule has 7 N–H and O–H groups in total. The van der Waals surface area contributed by atoms with Crippen LogP contribution in [-0.2, 0) is 12.2 Å². The maximum atomic E-state index is 13.5. The molecule has 0 aliphatic carbocycles. The number of aromatic nitrogens is 1. The lowest BCUT2D eigenvalue weighted by molar-refractivity contribution is 0.0931. The lowest BCUT2D eigenvalue weighted by Crippen LogP contribution is -2.57. The summed E-state index contributed by atoms with van der Waals surface area (Å²) in [5, 5.41) is 9.54. The lowest BCUT2D eigenvalue weighted by Gasteiger charge is -2.37. The van der Waals surface area contributed by atoms with Gasteiger partial charge in [0.1, 0.15) is 17.2 Å². The van der Waals surface area contributed by atoms with Crippen molar-refractivity contribution in [3.8, 4) is 0 Å². The van der Waals surface area contributed by atoms with Gasteiger partial charge in [-0.25, -0.2) is 4.99 Å². The van der Waals surface area contributed by atoms with Crippen molar-refractivity contribution >= 4 is 29.5 Å². The highest BCUT2D eigenvalue weighted by molar-refractivity contribution is 6.34. The summed E-state index contributed by atoms with van der Waals surface area (Å²) in [6, 6.07) is 8.82. The van der Waals surface area contributed by atoms with Crippen molar-refractivity contribution < 1.29 is 4.79 Å². The number of fused-ring (bicyclic) bond motifs is 4. The van der Waals surface area contributed by atoms with E-state index in [0.29, 0.717) is 13.1 Å². The van der Waals surface area contributed by atoms with Gasteiger partial charge in [-0.1, -0.05) is 35.9 Å². The van der Waals surface area contributed by atoms with Crippen molar-refractivity contribution in [2.45, 2.75) is 25.2 Å². The Morgan fingerprint density at radius 3 is 2.93 bits per heavy atom. The minimum Gasteiger partial charge on any atom is -0.390 e. The molecular formula is C20H22ClN7O2. The number of nitrogens with one attached hydrogen (secondary N) is 3. The molecule has 1 aromatic carbocycles. The first kappa shape index (κ1) is 20.0. The third-order valence-corrected chi connectivity index (χ3v) is 5.55. The molecule has 1 aromatic heterocycles. The van der Waals surface area contributed by atoms with E-state index >= 15 is 0 Å². The monoisotopic (exact) mass is 427 g/mol. The second kappa shape index (κ2) is 7.51. The van der Waals surface area contributed by atoms with E-state index < -0.39 is 11.6 Å². The minimum absolute atomic E-state index is 0.140. The minimum atomic E-state index is -1.05. The van der Waals surface area contributed by atoms with Crippen molar-refractivity contribution in [2.24, 2.45) is 16.5 Å². The van der Waals surface area contributed by atoms with Crippen LogP contribution in [0.25, 0.3) is 0 Å². The highest BCUT2D eigenvalue weighted by Gasteiger charge is 2.48. The molecule has 3 heterocycles. The summed E-state index contributed by atoms with van der Waals surface area (Å²) in [4.78, 5) is 30.1. The van der Waals surface area contributed by atoms with E-state index in [-0.39, 0.29) is 33.8 Å². The van der Waals surface area contributed by atoms with Crippen molar-refractivity contribution in [3.05, 3.63) is 74.4 Å². The number of benzene rings is 1. The second-order valence-electron chi connectivity index (χ2n) is 7.27. The van der Waals surface area contributed by atoms with E-state index in [0.717, 1.165) is 17.5 Å². The highest BCUT2D eigenvalue weighted by Crippen LogP contribution is 2.36. The molecule has 156 valence electrons. The zero-order chi connectivity index (χ0) is 21.5. The number of rotatable bonds is 4. The first-order valence-corrected chi connectivity index (χ1v) is 9.81. The molecule has 30 heavy (non-hydrogen) atoms. The van der Waals surface area contributed by atoms with Gasteiger partial charge in [0.25, 0.3) is 11.5 Å². The van der Waals surface area contributed by atoms with Gasteiger partial charge in [-0.15, -0.1) is 0 Å². The molecule has 2 aliphatic rings. The van der Waals surface area contributed by atoms with Gasteiger partial charge in [-0.2, -0.15) is 0 Å². The normalized spacial score (nSPS) is 21.4. The fraction of sp³-hybridized carbons (Fsp3) is 0.250. The molecule has 0 saturated carbocycles. The Kier molecular flexibility index (Phi) is 5.00. The average molecular weight is 428 g/mol. The Balaban J connectivity index is 1.85. The molecule has 2 aromatic rings. The molecule has 1 spiro atoms. The fourth-order valence-electron chi connectivity index (χ4n) is 4.10. The number of nitrogens with two attached hydrogens (primary N) is 2. The number of halogens is 1. The predicted molar refractivity (Wildman–Crippen MR) is 116 cm³/mol. The van der Waals surface area contributed by atoms with Crippen LogP contribution in [-0.4, -0.2) is 29.4 Å². The van der Waals surface area contributed by atoms with Gasteiger partial charge in [0.15, 0.2) is 5.66 Å². The molecule has 2 aliphatic heterocycles. The largest absolute Gasteiger partial charge is 0.390 e. The zero-order valence-electron chi connectivity index (χ0n) is 16.3. The summed E-state index contributed by atoms with van der Waals surface area (Å²) in [5.74, 6) is -0.180. The Morgan fingerprint density at radius 1 is 1.40 bits per heavy atom. The van der Waals surface area contributed by atoms with Gasteiger partial charge in [0.2, 0.25) is 0 Å². The van der Waals surface area contributed by atoms with Crippen LogP contribution in [0, 0.1) is 0 Å². The standard InChI is InChI=1S/C20H22ClN7O2/c1-11(6-16(23)25-10-22)26-15-7-14(21)17-18(29)27-20(28(17)19(15)30)9-24-8-12-4-2-3-5-13(12)20/h2-7,10-11,24,26H,8-9,23H2,1H3,(H2,22,25)(H,27,29)/b16-6-. The van der Waals surface area contributed by atoms with Crippen LogP contribution in [0.1, 0.15) is 28.5 Å². The molecule has 10 heteroatoms. The Labute approximate surface area is 177 Å². The number of pyridine rings is 1. The fourth-order valence-corrected chi connectivity index (χ4v) is 4.38. The van der Waals surface area contributed by atoms with Crippen LogP contribution in [0.4, 0.5) is 5.69 Å². The molecule has 4 rings (SSSR count). The van der Waals surface area contributed by atoms with Crippen LogP contribution in [0.15, 0.2) is 52.0 Å². The Bertz CT molecular complexity index is 1140. The molecule has 0 bridgehead atoms. The topological polar surface area (TPSA) is 140 Å². The highest BCUT2D eigenvalue weighted by atomic mass is 35.5. The smallest absolute Gasteiger partial charge is 0.276 e. The maximum absolute atomic E-state index is 13.5. The molecule has 0 saturated heterocycles. The number of aliphatic imine (C=N–C) groups is 1. The summed E-state index contributed by atoms with van der Waals surface area (Å²) in [5.41, 5.74) is 11.8. The lowest BCUT2D eigenvalue weighted by atomic mass is 9.90. The van der Waals surface area contributed by atoms with Crippen molar-refractivity contribution in [3.63, 3.8) is 0 Å². The number of carbonyl (C=O) groups is 1. The SMILES string of the molecule is CC(/C=C(N)\N=C/N)Nc1cc(Cl)c2n(c1=O)C1(CNCc3ccccc31)NC2=O. The Morgan fingerprint density at radius 2 is 2.17 bits per heavy atom. The van der Waals surface area contributed by atoms with Crippen LogP contribution < -0.4 is 33.0 Å². The summed E-state index contributed by atoms with van der Waals surface area (Å²) in [6.45, 7) is 2.81. The van der Waals surface area contributed by atoms with Crippen LogP contribution in [0.3, 0.4) is 0 Å². The van der Waals surface area contributed by atoms with Crippen LogP contribution >= 0.6 is 11.6 Å². The van der Waals surface area contributed by atoms with E-state index in [4.69, 9.17) is 23.1 Å². The van der Waals surface area contributed by atoms with E-state index in [1.807, 2.05) is 24.3 Å². The van der Waals surface area contributed by atoms with Crippen molar-refractivity contribution in [1.82, 2.24) is 15.2 Å². The summed E-state index contributed by atoms with van der Waals surface area (Å²) in [6.07, 6.45) is 2.71. The number of amides is 1. The molecule has 1 amide bonds. The van der Waals surface area contributed by atoms with E-state index in [9.17, 15) is 9.59 Å². The van der Waals surface area contributed by atoms with Crippen molar-refractivity contribution in [2.75, 3.05) is 11.9 Å². The molecule has 2 atom stereocenters. The van der Waals surface area contributed by atoms with Crippen LogP contribution in [0.2, 0.25) is 5.02 Å². The predicted octanol–water partition coefficient (Wildman–Crippen LogP) is 0.637. The number of anilines is 1. The van der Waals surface area contributed by atoms with Gasteiger partial charge < -0.3 is 27.4 Å². The first-order chi connectivity index (χ1) is 14.4. The molecule has 0 fully saturated rings. The molecule has 2 unspecified atom stereocenters. The third kappa shape index (κ3) is 3.12. The Hall–Kier alpha value is -3.30. The summed E-state index contributed by atoms with van der Waals surface area (Å²) >= 11 is 6.45. The van der Waals surface area contributed by atoms with Crippen molar-refractivity contribution in [1.29, 1.82) is 0 Å². The second-order valence-corrected chi connectivity index (χ2v) is 7.68. The number of hydrogen-bond donors (Lipinski definition) is 5. The zero-order valence-corrected chi connectivity index (χ0v) is 17.0. The number of nitrogens with zero attached hydrogens (tertiary/aromatic N) is 2. The molecule has 9 nitrogen and oxygen atoms in total. The third-order valence-electron chi connectivity index (χ3n) is 5.26. The van der Waals surface area contributed by atoms with Gasteiger partial charge in [-0.05, 0) is 24.6 Å². The van der Waals surface area contributed by atoms with Gasteiger partial charge in [0.05, 0.1) is 11.4 Å². The average Bonchev–Trinajstić information content (AvgIpc) is 2.99. The summed E-state index contributed by atoms with van der Waals surface area (Å²) in [7, 11) is 0. The number of carbonyl (C=O) groups excluding carboxylic acids is 1. The van der Waals surface area contributed by atoms with Crippen LogP contribution in [0.5, 0.6) is 0 Å². The van der Waals surface area contributed by atoms with E-state index in [1.54, 1.807) is 13.0 Å². The summed E-state index contributed by atoms with van der Waals surface area (Å²) < 4.78 is 1.45. The molecular weight excluding hydrogens is 406 g/mol. The molecule has 0 radical (unpaired) electrons. The van der Waals surface area contributed by atoms with Gasteiger partial charge in [-0.3, -0.25) is 14.2 Å². The maximum Gasteiger partial charge on any atom is 0.276 e. The quantitative estimate of drug-likeness (QED) is 0.358. The first-order valence-electron chi connectivity index (χ1n) is 9.43. The van der Waals surface area contributed by atoms with Gasteiger partial charge >= 0.3 is 0 Å². The number of hydrogen-bond acceptors (Lipinski definition) is 6. The van der Waals surface area contributed by atoms with Gasteiger partial charge in [0, 0.05) is 24.7 Å². The van der Waals surface area contributed by atoms with E-state index in [2.05, 4.69) is 20.9 Å².